The van der Waals surface area contributed by atoms with Crippen LogP contribution in [0.15, 0.2) is 18.2 Å². The fourth-order valence-corrected chi connectivity index (χ4v) is 1.85. The molecule has 1 amide bonds. The first kappa shape index (κ1) is 16.9. The zero-order valence-corrected chi connectivity index (χ0v) is 12.3. The Bertz CT molecular complexity index is 576. The number of hydrogen-bond donors (Lipinski definition) is 2. The minimum atomic E-state index is -1.00. The second kappa shape index (κ2) is 7.03. The molecule has 8 heteroatoms. The Kier molecular flexibility index (Phi) is 5.66. The van der Waals surface area contributed by atoms with Crippen molar-refractivity contribution in [2.24, 2.45) is 5.92 Å². The van der Waals surface area contributed by atoms with E-state index in [1.165, 1.54) is 25.1 Å². The van der Waals surface area contributed by atoms with Crippen LogP contribution in [0.3, 0.4) is 0 Å². The minimum absolute atomic E-state index is 0.0759. The first-order chi connectivity index (χ1) is 9.72. The molecule has 7 nitrogen and oxygen atoms in total. The highest BCUT2D eigenvalue weighted by atomic mass is 35.5. The molecule has 0 aliphatic rings. The summed E-state index contributed by atoms with van der Waals surface area (Å²) < 4.78 is 0. The lowest BCUT2D eigenvalue weighted by Gasteiger charge is -2.17. The van der Waals surface area contributed by atoms with Gasteiger partial charge in [-0.2, -0.15) is 0 Å². The van der Waals surface area contributed by atoms with Gasteiger partial charge in [0.1, 0.15) is 0 Å². The Labute approximate surface area is 126 Å². The van der Waals surface area contributed by atoms with Gasteiger partial charge in [-0.25, -0.2) is 0 Å². The summed E-state index contributed by atoms with van der Waals surface area (Å²) in [7, 11) is 0. The zero-order chi connectivity index (χ0) is 16.2. The number of rotatable bonds is 6. The van der Waals surface area contributed by atoms with Gasteiger partial charge in [0, 0.05) is 18.2 Å². The van der Waals surface area contributed by atoms with E-state index in [2.05, 4.69) is 5.32 Å². The van der Waals surface area contributed by atoms with Gasteiger partial charge in [-0.05, 0) is 19.4 Å². The number of carboxylic acid groups (broad SMARTS) is 1. The first-order valence-electron chi connectivity index (χ1n) is 6.17. The molecule has 0 aromatic heterocycles. The SMILES string of the molecule is CC(NC(=O)Cc1ccc([N+](=O)[O-])cc1Cl)C(C)C(=O)O. The predicted octanol–water partition coefficient (Wildman–Crippen LogP) is 2.02. The van der Waals surface area contributed by atoms with Crippen molar-refractivity contribution in [3.63, 3.8) is 0 Å². The van der Waals surface area contributed by atoms with E-state index in [0.717, 1.165) is 0 Å². The van der Waals surface area contributed by atoms with Crippen LogP contribution in [0.5, 0.6) is 0 Å². The third-order valence-electron chi connectivity index (χ3n) is 3.13. The maximum atomic E-state index is 11.8. The van der Waals surface area contributed by atoms with Gasteiger partial charge in [0.15, 0.2) is 0 Å². The number of nitro groups is 1. The second-order valence-electron chi connectivity index (χ2n) is 4.69. The molecular weight excluding hydrogens is 300 g/mol. The molecule has 0 aliphatic carbocycles. The van der Waals surface area contributed by atoms with E-state index in [1.54, 1.807) is 6.92 Å². The highest BCUT2D eigenvalue weighted by Crippen LogP contribution is 2.22. The molecule has 0 spiro atoms. The fraction of sp³-hybridized carbons (Fsp3) is 0.385. The molecule has 0 heterocycles. The Morgan fingerprint density at radius 3 is 2.52 bits per heavy atom. The van der Waals surface area contributed by atoms with E-state index in [-0.39, 0.29) is 17.1 Å². The number of nitrogens with zero attached hydrogens (tertiary/aromatic N) is 1. The van der Waals surface area contributed by atoms with Gasteiger partial charge in [-0.3, -0.25) is 19.7 Å². The number of carboxylic acids is 1. The molecule has 0 aliphatic heterocycles. The van der Waals surface area contributed by atoms with Crippen molar-refractivity contribution in [3.8, 4) is 0 Å². The van der Waals surface area contributed by atoms with Crippen molar-refractivity contribution >= 4 is 29.2 Å². The molecule has 2 N–H and O–H groups in total. The van der Waals surface area contributed by atoms with E-state index < -0.39 is 28.8 Å². The first-order valence-corrected chi connectivity index (χ1v) is 6.55. The van der Waals surface area contributed by atoms with Crippen LogP contribution in [0.4, 0.5) is 5.69 Å². The van der Waals surface area contributed by atoms with Crippen molar-refractivity contribution in [3.05, 3.63) is 38.9 Å². The molecule has 0 radical (unpaired) electrons. The highest BCUT2D eigenvalue weighted by Gasteiger charge is 2.21. The molecule has 0 fully saturated rings. The topological polar surface area (TPSA) is 110 Å². The third kappa shape index (κ3) is 4.71. The summed E-state index contributed by atoms with van der Waals surface area (Å²) in [5, 5.41) is 22.1. The fourth-order valence-electron chi connectivity index (χ4n) is 1.61. The van der Waals surface area contributed by atoms with Gasteiger partial charge in [-0.15, -0.1) is 0 Å². The zero-order valence-electron chi connectivity index (χ0n) is 11.5. The third-order valence-corrected chi connectivity index (χ3v) is 3.48. The summed E-state index contributed by atoms with van der Waals surface area (Å²) in [4.78, 5) is 32.6. The summed E-state index contributed by atoms with van der Waals surface area (Å²) >= 11 is 5.89. The van der Waals surface area contributed by atoms with Crippen LogP contribution >= 0.6 is 11.6 Å². The number of halogens is 1. The summed E-state index contributed by atoms with van der Waals surface area (Å²) in [6.07, 6.45) is -0.0759. The Morgan fingerprint density at radius 2 is 2.05 bits per heavy atom. The smallest absolute Gasteiger partial charge is 0.308 e. The van der Waals surface area contributed by atoms with E-state index in [9.17, 15) is 19.7 Å². The van der Waals surface area contributed by atoms with Crippen molar-refractivity contribution in [2.45, 2.75) is 26.3 Å². The van der Waals surface area contributed by atoms with E-state index >= 15 is 0 Å². The summed E-state index contributed by atoms with van der Waals surface area (Å²) in [6, 6.07) is 3.31. The molecule has 0 saturated carbocycles. The van der Waals surface area contributed by atoms with Crippen LogP contribution in [-0.2, 0) is 16.0 Å². The quantitative estimate of drug-likeness (QED) is 0.616. The number of carbonyl (C=O) groups excluding carboxylic acids is 1. The number of amides is 1. The molecule has 0 saturated heterocycles. The summed E-state index contributed by atoms with van der Waals surface area (Å²) in [5.41, 5.74) is 0.284. The van der Waals surface area contributed by atoms with Crippen LogP contribution in [0, 0.1) is 16.0 Å². The van der Waals surface area contributed by atoms with Crippen LogP contribution in [0.25, 0.3) is 0 Å². The van der Waals surface area contributed by atoms with Crippen molar-refractivity contribution in [2.75, 3.05) is 0 Å². The molecule has 21 heavy (non-hydrogen) atoms. The molecule has 1 rings (SSSR count). The maximum Gasteiger partial charge on any atom is 0.308 e. The molecule has 1 aromatic carbocycles. The van der Waals surface area contributed by atoms with Gasteiger partial charge >= 0.3 is 5.97 Å². The Hall–Kier alpha value is -2.15. The van der Waals surface area contributed by atoms with Crippen molar-refractivity contribution < 1.29 is 19.6 Å². The molecule has 2 atom stereocenters. The Balaban J connectivity index is 2.71. The van der Waals surface area contributed by atoms with Gasteiger partial charge < -0.3 is 10.4 Å². The number of benzene rings is 1. The van der Waals surface area contributed by atoms with Crippen LogP contribution in [0.2, 0.25) is 5.02 Å². The van der Waals surface area contributed by atoms with Crippen LogP contribution < -0.4 is 5.32 Å². The lowest BCUT2D eigenvalue weighted by atomic mass is 10.0. The van der Waals surface area contributed by atoms with Gasteiger partial charge in [0.2, 0.25) is 5.91 Å². The van der Waals surface area contributed by atoms with E-state index in [4.69, 9.17) is 16.7 Å². The molecule has 1 aromatic rings. The number of aliphatic carboxylic acids is 1. The number of nitrogens with one attached hydrogen (secondary N) is 1. The van der Waals surface area contributed by atoms with Crippen LogP contribution in [-0.4, -0.2) is 27.9 Å². The maximum absolute atomic E-state index is 11.8. The second-order valence-corrected chi connectivity index (χ2v) is 5.10. The Morgan fingerprint density at radius 1 is 1.43 bits per heavy atom. The standard InChI is InChI=1S/C13H15ClN2O5/c1-7(13(18)19)8(2)15-12(17)5-9-3-4-10(16(20)21)6-11(9)14/h3-4,6-8H,5H2,1-2H3,(H,15,17)(H,18,19). The largest absolute Gasteiger partial charge is 0.481 e. The normalized spacial score (nSPS) is 13.3. The molecule has 0 bridgehead atoms. The minimum Gasteiger partial charge on any atom is -0.481 e. The summed E-state index contributed by atoms with van der Waals surface area (Å²) in [5.74, 6) is -2.12. The number of hydrogen-bond acceptors (Lipinski definition) is 4. The van der Waals surface area contributed by atoms with Gasteiger partial charge in [-0.1, -0.05) is 17.7 Å². The molecular formula is C13H15ClN2O5. The number of non-ortho nitro benzene ring substituents is 1. The highest BCUT2D eigenvalue weighted by molar-refractivity contribution is 6.31. The predicted molar refractivity (Wildman–Crippen MR) is 76.2 cm³/mol. The van der Waals surface area contributed by atoms with Crippen molar-refractivity contribution in [1.82, 2.24) is 5.32 Å². The van der Waals surface area contributed by atoms with E-state index in [0.29, 0.717) is 5.56 Å². The van der Waals surface area contributed by atoms with Gasteiger partial charge in [0.05, 0.1) is 22.3 Å². The number of carbonyl (C=O) groups is 2. The summed E-state index contributed by atoms with van der Waals surface area (Å²) in [6.45, 7) is 3.08. The lowest BCUT2D eigenvalue weighted by Crippen LogP contribution is -2.40. The molecule has 114 valence electrons. The monoisotopic (exact) mass is 314 g/mol. The van der Waals surface area contributed by atoms with E-state index in [1.807, 2.05) is 0 Å². The average Bonchev–Trinajstić information content (AvgIpc) is 2.39. The van der Waals surface area contributed by atoms with Gasteiger partial charge in [0.25, 0.3) is 5.69 Å². The number of nitro benzene ring substituents is 1. The molecule has 2 unspecified atom stereocenters. The van der Waals surface area contributed by atoms with Crippen LogP contribution in [0.1, 0.15) is 19.4 Å². The lowest BCUT2D eigenvalue weighted by molar-refractivity contribution is -0.384. The average molecular weight is 315 g/mol. The van der Waals surface area contributed by atoms with Crippen molar-refractivity contribution in [1.29, 1.82) is 0 Å².